The Morgan fingerprint density at radius 2 is 1.86 bits per heavy atom. The van der Waals surface area contributed by atoms with Gasteiger partial charge in [-0.1, -0.05) is 6.07 Å². The van der Waals surface area contributed by atoms with Gasteiger partial charge in [-0.15, -0.1) is 0 Å². The molecule has 1 aromatic carbocycles. The van der Waals surface area contributed by atoms with Gasteiger partial charge in [-0.25, -0.2) is 9.59 Å². The van der Waals surface area contributed by atoms with Gasteiger partial charge in [0.1, 0.15) is 0 Å². The molecule has 0 aliphatic heterocycles. The summed E-state index contributed by atoms with van der Waals surface area (Å²) in [6.45, 7) is 0.236. The quantitative estimate of drug-likeness (QED) is 0.623. The number of carbonyl (C=O) groups excluding carboxylic acids is 2. The molecule has 0 bridgehead atoms. The zero-order valence-electron chi connectivity index (χ0n) is 11.8. The number of hydrogen-bond acceptors (Lipinski definition) is 3. The van der Waals surface area contributed by atoms with Crippen LogP contribution in [0.3, 0.4) is 0 Å². The van der Waals surface area contributed by atoms with Gasteiger partial charge in [-0.05, 0) is 17.7 Å². The number of urea groups is 1. The number of rotatable bonds is 4. The molecule has 0 radical (unpaired) electrons. The van der Waals surface area contributed by atoms with E-state index in [-0.39, 0.29) is 24.2 Å². The summed E-state index contributed by atoms with van der Waals surface area (Å²) in [4.78, 5) is 40.7. The SMILES string of the molecule is CN(C)C(=O)NCC(=O)NCc1ccc2[nH]c(=O)[nH]c2c1. The van der Waals surface area contributed by atoms with Crippen LogP contribution < -0.4 is 16.3 Å². The van der Waals surface area contributed by atoms with E-state index < -0.39 is 0 Å². The number of nitrogens with one attached hydrogen (secondary N) is 4. The van der Waals surface area contributed by atoms with E-state index >= 15 is 0 Å². The number of aromatic amines is 2. The van der Waals surface area contributed by atoms with Crippen LogP contribution in [0.5, 0.6) is 0 Å². The molecule has 0 unspecified atom stereocenters. The van der Waals surface area contributed by atoms with Gasteiger partial charge in [0.2, 0.25) is 5.91 Å². The second-order valence-corrected chi connectivity index (χ2v) is 4.79. The Morgan fingerprint density at radius 3 is 2.57 bits per heavy atom. The average molecular weight is 291 g/mol. The molecule has 8 heteroatoms. The van der Waals surface area contributed by atoms with Crippen molar-refractivity contribution in [2.75, 3.05) is 20.6 Å². The Morgan fingerprint density at radius 1 is 1.14 bits per heavy atom. The molecule has 8 nitrogen and oxygen atoms in total. The third kappa shape index (κ3) is 3.85. The van der Waals surface area contributed by atoms with Gasteiger partial charge < -0.3 is 25.5 Å². The molecule has 0 aliphatic carbocycles. The van der Waals surface area contributed by atoms with Gasteiger partial charge in [0.25, 0.3) is 0 Å². The first-order chi connectivity index (χ1) is 9.95. The van der Waals surface area contributed by atoms with Crippen molar-refractivity contribution in [3.8, 4) is 0 Å². The van der Waals surface area contributed by atoms with Crippen molar-refractivity contribution >= 4 is 23.0 Å². The highest BCUT2D eigenvalue weighted by molar-refractivity contribution is 5.83. The van der Waals surface area contributed by atoms with E-state index in [1.807, 2.05) is 6.07 Å². The molecule has 4 N–H and O–H groups in total. The summed E-state index contributed by atoms with van der Waals surface area (Å²) < 4.78 is 0. The Labute approximate surface area is 120 Å². The topological polar surface area (TPSA) is 110 Å². The fourth-order valence-electron chi connectivity index (χ4n) is 1.77. The third-order valence-corrected chi connectivity index (χ3v) is 2.88. The highest BCUT2D eigenvalue weighted by Gasteiger charge is 2.07. The molecule has 3 amide bonds. The minimum absolute atomic E-state index is 0.0831. The Bertz CT molecular complexity index is 716. The van der Waals surface area contributed by atoms with Crippen molar-refractivity contribution in [2.24, 2.45) is 0 Å². The lowest BCUT2D eigenvalue weighted by Crippen LogP contribution is -2.41. The van der Waals surface area contributed by atoms with Crippen LogP contribution in [0.25, 0.3) is 11.0 Å². The predicted molar refractivity (Wildman–Crippen MR) is 77.9 cm³/mol. The van der Waals surface area contributed by atoms with Crippen LogP contribution in [0, 0.1) is 0 Å². The maximum absolute atomic E-state index is 11.6. The third-order valence-electron chi connectivity index (χ3n) is 2.88. The molecule has 0 fully saturated rings. The van der Waals surface area contributed by atoms with Crippen LogP contribution in [0.1, 0.15) is 5.56 Å². The number of benzene rings is 1. The van der Waals surface area contributed by atoms with Crippen molar-refractivity contribution in [1.82, 2.24) is 25.5 Å². The summed E-state index contributed by atoms with van der Waals surface area (Å²) in [7, 11) is 3.19. The molecule has 0 atom stereocenters. The van der Waals surface area contributed by atoms with Gasteiger partial charge in [0.05, 0.1) is 17.6 Å². The van der Waals surface area contributed by atoms with Crippen molar-refractivity contribution in [2.45, 2.75) is 6.54 Å². The summed E-state index contributed by atoms with van der Waals surface area (Å²) in [6.07, 6.45) is 0. The second-order valence-electron chi connectivity index (χ2n) is 4.79. The first kappa shape index (κ1) is 14.6. The fourth-order valence-corrected chi connectivity index (χ4v) is 1.77. The van der Waals surface area contributed by atoms with Crippen LogP contribution in [0.15, 0.2) is 23.0 Å². The number of fused-ring (bicyclic) bond motifs is 1. The number of carbonyl (C=O) groups is 2. The molecule has 0 saturated heterocycles. The van der Waals surface area contributed by atoms with E-state index in [4.69, 9.17) is 0 Å². The smallest absolute Gasteiger partial charge is 0.323 e. The second kappa shape index (κ2) is 6.12. The minimum atomic E-state index is -0.323. The van der Waals surface area contributed by atoms with E-state index in [0.717, 1.165) is 5.56 Å². The van der Waals surface area contributed by atoms with E-state index in [1.54, 1.807) is 26.2 Å². The number of hydrogen-bond donors (Lipinski definition) is 4. The lowest BCUT2D eigenvalue weighted by atomic mass is 10.2. The molecule has 2 aromatic rings. The summed E-state index contributed by atoms with van der Waals surface area (Å²) in [5.41, 5.74) is 1.99. The van der Waals surface area contributed by atoms with E-state index in [0.29, 0.717) is 17.6 Å². The number of H-pyrrole nitrogens is 2. The standard InChI is InChI=1S/C13H17N5O3/c1-18(2)13(21)15-7-11(19)14-6-8-3-4-9-10(5-8)17-12(20)16-9/h3-5H,6-7H2,1-2H3,(H,14,19)(H,15,21)(H2,16,17,20). The Balaban J connectivity index is 1.87. The molecule has 2 rings (SSSR count). The zero-order chi connectivity index (χ0) is 15.4. The van der Waals surface area contributed by atoms with Gasteiger partial charge in [-0.3, -0.25) is 4.79 Å². The van der Waals surface area contributed by atoms with Crippen LogP contribution in [-0.4, -0.2) is 47.4 Å². The number of amides is 3. The number of aromatic nitrogens is 2. The zero-order valence-corrected chi connectivity index (χ0v) is 11.8. The molecular formula is C13H17N5O3. The minimum Gasteiger partial charge on any atom is -0.350 e. The van der Waals surface area contributed by atoms with Gasteiger partial charge in [-0.2, -0.15) is 0 Å². The summed E-state index contributed by atoms with van der Waals surface area (Å²) in [6, 6.07) is 5.04. The van der Waals surface area contributed by atoms with Crippen molar-refractivity contribution < 1.29 is 9.59 Å². The summed E-state index contributed by atoms with van der Waals surface area (Å²) in [5.74, 6) is -0.284. The van der Waals surface area contributed by atoms with Crippen LogP contribution in [-0.2, 0) is 11.3 Å². The van der Waals surface area contributed by atoms with E-state index in [9.17, 15) is 14.4 Å². The van der Waals surface area contributed by atoms with Crippen molar-refractivity contribution in [3.05, 3.63) is 34.2 Å². The Hall–Kier alpha value is -2.77. The largest absolute Gasteiger partial charge is 0.350 e. The van der Waals surface area contributed by atoms with Crippen molar-refractivity contribution in [3.63, 3.8) is 0 Å². The van der Waals surface area contributed by atoms with Crippen LogP contribution in [0.2, 0.25) is 0 Å². The highest BCUT2D eigenvalue weighted by Crippen LogP contribution is 2.09. The van der Waals surface area contributed by atoms with Crippen LogP contribution in [0.4, 0.5) is 4.79 Å². The van der Waals surface area contributed by atoms with E-state index in [1.165, 1.54) is 4.90 Å². The molecule has 1 heterocycles. The predicted octanol–water partition coefficient (Wildman–Crippen LogP) is -0.256. The van der Waals surface area contributed by atoms with Crippen molar-refractivity contribution in [1.29, 1.82) is 0 Å². The lowest BCUT2D eigenvalue weighted by molar-refractivity contribution is -0.120. The molecular weight excluding hydrogens is 274 g/mol. The molecule has 1 aromatic heterocycles. The lowest BCUT2D eigenvalue weighted by Gasteiger charge is -2.11. The molecule has 0 saturated carbocycles. The monoisotopic (exact) mass is 291 g/mol. The first-order valence-electron chi connectivity index (χ1n) is 6.38. The molecule has 112 valence electrons. The van der Waals surface area contributed by atoms with Crippen LogP contribution >= 0.6 is 0 Å². The maximum atomic E-state index is 11.6. The molecule has 0 spiro atoms. The first-order valence-corrected chi connectivity index (χ1v) is 6.38. The fraction of sp³-hybridized carbons (Fsp3) is 0.308. The normalized spacial score (nSPS) is 10.4. The average Bonchev–Trinajstić information content (AvgIpc) is 2.81. The van der Waals surface area contributed by atoms with E-state index in [2.05, 4.69) is 20.6 Å². The maximum Gasteiger partial charge on any atom is 0.323 e. The summed E-state index contributed by atoms with van der Waals surface area (Å²) in [5, 5.41) is 5.16. The van der Waals surface area contributed by atoms with Gasteiger partial charge >= 0.3 is 11.7 Å². The van der Waals surface area contributed by atoms with Gasteiger partial charge in [0, 0.05) is 20.6 Å². The summed E-state index contributed by atoms with van der Waals surface area (Å²) >= 11 is 0. The number of nitrogens with zero attached hydrogens (tertiary/aromatic N) is 1. The molecule has 21 heavy (non-hydrogen) atoms. The Kier molecular flexibility index (Phi) is 4.27. The molecule has 0 aliphatic rings. The number of imidazole rings is 1. The highest BCUT2D eigenvalue weighted by atomic mass is 16.2. The van der Waals surface area contributed by atoms with Gasteiger partial charge in [0.15, 0.2) is 0 Å².